The minimum absolute atomic E-state index is 0.00886. The van der Waals surface area contributed by atoms with Gasteiger partial charge in [-0.2, -0.15) is 18.3 Å². The van der Waals surface area contributed by atoms with Gasteiger partial charge < -0.3 is 4.74 Å². The Kier molecular flexibility index (Phi) is 2.93. The van der Waals surface area contributed by atoms with Crippen molar-refractivity contribution in [3.05, 3.63) is 29.2 Å². The number of aromatic nitrogens is 2. The van der Waals surface area contributed by atoms with E-state index >= 15 is 0 Å². The standard InChI is InChI=1S/C12H8F4N2OS/c1-19-7-3-2-5-6(8(7)13)4-20-10-9(5)17-18-11(10)12(14,15)16/h2-3H,4H2,1H3,(H,17,18). The van der Waals surface area contributed by atoms with Gasteiger partial charge in [-0.3, -0.25) is 5.10 Å². The molecule has 20 heavy (non-hydrogen) atoms. The van der Waals surface area contributed by atoms with Crippen molar-refractivity contribution < 1.29 is 22.3 Å². The number of benzene rings is 1. The van der Waals surface area contributed by atoms with Gasteiger partial charge in [0.05, 0.1) is 12.0 Å². The molecule has 1 N–H and O–H groups in total. The van der Waals surface area contributed by atoms with E-state index < -0.39 is 17.7 Å². The van der Waals surface area contributed by atoms with Crippen molar-refractivity contribution >= 4 is 11.8 Å². The molecule has 8 heteroatoms. The fourth-order valence-electron chi connectivity index (χ4n) is 2.11. The van der Waals surface area contributed by atoms with Crippen LogP contribution in [0, 0.1) is 5.82 Å². The van der Waals surface area contributed by atoms with Crippen LogP contribution in [0.5, 0.6) is 5.75 Å². The normalized spacial score (nSPS) is 13.8. The molecule has 1 aliphatic rings. The second-order valence-electron chi connectivity index (χ2n) is 4.17. The van der Waals surface area contributed by atoms with Crippen molar-refractivity contribution in [3.8, 4) is 17.0 Å². The Balaban J connectivity index is 2.18. The molecule has 2 heterocycles. The molecule has 0 unspecified atom stereocenters. The second kappa shape index (κ2) is 4.41. The third-order valence-corrected chi connectivity index (χ3v) is 4.17. The summed E-state index contributed by atoms with van der Waals surface area (Å²) in [6, 6.07) is 2.91. The van der Waals surface area contributed by atoms with Crippen LogP contribution in [0.15, 0.2) is 17.0 Å². The highest BCUT2D eigenvalue weighted by Gasteiger charge is 2.39. The third-order valence-electron chi connectivity index (χ3n) is 3.05. The zero-order valence-electron chi connectivity index (χ0n) is 10.1. The molecule has 0 spiro atoms. The first kappa shape index (κ1) is 13.3. The zero-order chi connectivity index (χ0) is 14.5. The van der Waals surface area contributed by atoms with Gasteiger partial charge in [0.15, 0.2) is 17.3 Å². The highest BCUT2D eigenvalue weighted by Crippen LogP contribution is 2.47. The van der Waals surface area contributed by atoms with Gasteiger partial charge in [0.25, 0.3) is 0 Å². The van der Waals surface area contributed by atoms with E-state index in [0.29, 0.717) is 11.1 Å². The molecule has 0 bridgehead atoms. The number of methoxy groups -OCH3 is 1. The number of rotatable bonds is 1. The topological polar surface area (TPSA) is 37.9 Å². The Morgan fingerprint density at radius 2 is 2.10 bits per heavy atom. The fourth-order valence-corrected chi connectivity index (χ4v) is 3.28. The average Bonchev–Trinajstić information content (AvgIpc) is 2.83. The average molecular weight is 304 g/mol. The molecule has 0 amide bonds. The van der Waals surface area contributed by atoms with Crippen molar-refractivity contribution in [1.29, 1.82) is 0 Å². The predicted octanol–water partition coefficient (Wildman–Crippen LogP) is 3.85. The number of hydrogen-bond donors (Lipinski definition) is 1. The summed E-state index contributed by atoms with van der Waals surface area (Å²) in [6.45, 7) is 0. The van der Waals surface area contributed by atoms with Gasteiger partial charge in [-0.05, 0) is 12.1 Å². The van der Waals surface area contributed by atoms with Crippen molar-refractivity contribution in [2.75, 3.05) is 7.11 Å². The SMILES string of the molecule is COc1ccc2c(c1F)CSc1c-2n[nH]c1C(F)(F)F. The van der Waals surface area contributed by atoms with Crippen LogP contribution < -0.4 is 4.74 Å². The van der Waals surface area contributed by atoms with Gasteiger partial charge in [-0.25, -0.2) is 4.39 Å². The Morgan fingerprint density at radius 1 is 1.35 bits per heavy atom. The summed E-state index contributed by atoms with van der Waals surface area (Å²) in [5.74, 6) is -0.382. The van der Waals surface area contributed by atoms with E-state index in [-0.39, 0.29) is 22.1 Å². The molecule has 0 saturated heterocycles. The number of fused-ring (bicyclic) bond motifs is 3. The molecular formula is C12H8F4N2OS. The monoisotopic (exact) mass is 304 g/mol. The van der Waals surface area contributed by atoms with Crippen LogP contribution in [0.2, 0.25) is 0 Å². The lowest BCUT2D eigenvalue weighted by Crippen LogP contribution is -2.08. The zero-order valence-corrected chi connectivity index (χ0v) is 11.0. The molecule has 0 fully saturated rings. The molecule has 1 aromatic carbocycles. The summed E-state index contributed by atoms with van der Waals surface area (Å²) in [7, 11) is 1.34. The number of nitrogens with zero attached hydrogens (tertiary/aromatic N) is 1. The number of ether oxygens (including phenoxy) is 1. The predicted molar refractivity (Wildman–Crippen MR) is 65.1 cm³/mol. The first-order valence-electron chi connectivity index (χ1n) is 5.57. The van der Waals surface area contributed by atoms with Crippen molar-refractivity contribution in [1.82, 2.24) is 10.2 Å². The Labute approximate surface area is 115 Å². The van der Waals surface area contributed by atoms with Gasteiger partial charge >= 0.3 is 6.18 Å². The molecule has 3 rings (SSSR count). The molecule has 0 aliphatic carbocycles. The number of H-pyrrole nitrogens is 1. The molecule has 0 saturated carbocycles. The highest BCUT2D eigenvalue weighted by atomic mass is 32.2. The van der Waals surface area contributed by atoms with Crippen LogP contribution in [0.4, 0.5) is 17.6 Å². The van der Waals surface area contributed by atoms with Crippen molar-refractivity contribution in [3.63, 3.8) is 0 Å². The summed E-state index contributed by atoms with van der Waals surface area (Å²) in [5.41, 5.74) is -0.0876. The third kappa shape index (κ3) is 1.86. The molecular weight excluding hydrogens is 296 g/mol. The van der Waals surface area contributed by atoms with Gasteiger partial charge in [0.1, 0.15) is 5.69 Å². The molecule has 0 atom stereocenters. The molecule has 1 aliphatic heterocycles. The van der Waals surface area contributed by atoms with Crippen LogP contribution in [0.25, 0.3) is 11.3 Å². The second-order valence-corrected chi connectivity index (χ2v) is 5.16. The lowest BCUT2D eigenvalue weighted by Gasteiger charge is -2.18. The fraction of sp³-hybridized carbons (Fsp3) is 0.250. The summed E-state index contributed by atoms with van der Waals surface area (Å²) >= 11 is 0.916. The summed E-state index contributed by atoms with van der Waals surface area (Å²) < 4.78 is 57.4. The van der Waals surface area contributed by atoms with E-state index in [4.69, 9.17) is 4.74 Å². The van der Waals surface area contributed by atoms with Crippen LogP contribution in [-0.4, -0.2) is 17.3 Å². The number of alkyl halides is 3. The van der Waals surface area contributed by atoms with Crippen LogP contribution in [0.3, 0.4) is 0 Å². The van der Waals surface area contributed by atoms with E-state index in [1.165, 1.54) is 19.2 Å². The van der Waals surface area contributed by atoms with Gasteiger partial charge in [0.2, 0.25) is 0 Å². The van der Waals surface area contributed by atoms with Crippen LogP contribution in [0.1, 0.15) is 11.3 Å². The maximum atomic E-state index is 14.1. The highest BCUT2D eigenvalue weighted by molar-refractivity contribution is 7.98. The van der Waals surface area contributed by atoms with Gasteiger partial charge in [0, 0.05) is 16.9 Å². The largest absolute Gasteiger partial charge is 0.494 e. The first-order valence-corrected chi connectivity index (χ1v) is 6.56. The Bertz CT molecular complexity index is 681. The Hall–Kier alpha value is -1.70. The molecule has 0 radical (unpaired) electrons. The molecule has 106 valence electrons. The van der Waals surface area contributed by atoms with Crippen molar-refractivity contribution in [2.24, 2.45) is 0 Å². The van der Waals surface area contributed by atoms with E-state index in [0.717, 1.165) is 11.8 Å². The summed E-state index contributed by atoms with van der Waals surface area (Å²) in [5, 5.41) is 5.68. The van der Waals surface area contributed by atoms with E-state index in [2.05, 4.69) is 5.10 Å². The van der Waals surface area contributed by atoms with Crippen molar-refractivity contribution in [2.45, 2.75) is 16.8 Å². The molecule has 1 aromatic heterocycles. The van der Waals surface area contributed by atoms with E-state index in [9.17, 15) is 17.6 Å². The smallest absolute Gasteiger partial charge is 0.433 e. The number of hydrogen-bond acceptors (Lipinski definition) is 3. The Morgan fingerprint density at radius 3 is 2.75 bits per heavy atom. The maximum Gasteiger partial charge on any atom is 0.433 e. The van der Waals surface area contributed by atoms with Crippen LogP contribution in [-0.2, 0) is 11.9 Å². The van der Waals surface area contributed by atoms with Crippen LogP contribution >= 0.6 is 11.8 Å². The molecule has 2 aromatic rings. The minimum atomic E-state index is -4.50. The van der Waals surface area contributed by atoms with Gasteiger partial charge in [-0.15, -0.1) is 11.8 Å². The lowest BCUT2D eigenvalue weighted by molar-refractivity contribution is -0.143. The number of halogens is 4. The van der Waals surface area contributed by atoms with E-state index in [1.54, 1.807) is 0 Å². The van der Waals surface area contributed by atoms with E-state index in [1.807, 2.05) is 5.10 Å². The first-order chi connectivity index (χ1) is 9.43. The summed E-state index contributed by atoms with van der Waals surface area (Å²) in [4.78, 5) is 0.00886. The minimum Gasteiger partial charge on any atom is -0.494 e. The maximum absolute atomic E-state index is 14.1. The van der Waals surface area contributed by atoms with Gasteiger partial charge in [-0.1, -0.05) is 0 Å². The number of nitrogens with one attached hydrogen (secondary N) is 1. The molecule has 3 nitrogen and oxygen atoms in total. The quantitative estimate of drug-likeness (QED) is 0.813. The number of thioether (sulfide) groups is 1. The number of aromatic amines is 1. The summed E-state index contributed by atoms with van der Waals surface area (Å²) in [6.07, 6.45) is -4.50. The lowest BCUT2D eigenvalue weighted by atomic mass is 10.0.